The summed E-state index contributed by atoms with van der Waals surface area (Å²) in [5, 5.41) is 3.54. The quantitative estimate of drug-likeness (QED) is 0.451. The zero-order valence-electron chi connectivity index (χ0n) is 13.1. The second kappa shape index (κ2) is 9.53. The molecule has 0 aliphatic heterocycles. The maximum Gasteiger partial charge on any atom is 0.145 e. The van der Waals surface area contributed by atoms with Crippen LogP contribution in [0.2, 0.25) is 0 Å². The van der Waals surface area contributed by atoms with E-state index in [1.54, 1.807) is 0 Å². The number of rotatable bonds is 10. The minimum Gasteiger partial charge on any atom is -0.367 e. The molecule has 1 aromatic heterocycles. The molecule has 1 heterocycles. The highest BCUT2D eigenvalue weighted by Gasteiger charge is 2.10. The normalized spacial score (nSPS) is 12.2. The van der Waals surface area contributed by atoms with Gasteiger partial charge in [0, 0.05) is 18.5 Å². The van der Waals surface area contributed by atoms with E-state index in [4.69, 9.17) is 5.84 Å². The largest absolute Gasteiger partial charge is 0.367 e. The molecule has 1 atom stereocenters. The first kappa shape index (κ1) is 16.7. The van der Waals surface area contributed by atoms with E-state index in [0.717, 1.165) is 24.5 Å². The first-order chi connectivity index (χ1) is 9.73. The summed E-state index contributed by atoms with van der Waals surface area (Å²) in [6.45, 7) is 6.57. The molecule has 5 nitrogen and oxygen atoms in total. The van der Waals surface area contributed by atoms with E-state index in [2.05, 4.69) is 41.5 Å². The lowest BCUT2D eigenvalue weighted by Gasteiger charge is -2.19. The van der Waals surface area contributed by atoms with Crippen LogP contribution in [0.1, 0.15) is 65.1 Å². The summed E-state index contributed by atoms with van der Waals surface area (Å²) in [7, 11) is 0. The predicted octanol–water partition coefficient (Wildman–Crippen LogP) is 3.49. The zero-order chi connectivity index (χ0) is 14.8. The van der Waals surface area contributed by atoms with Gasteiger partial charge in [-0.3, -0.25) is 0 Å². The Morgan fingerprint density at radius 2 is 1.80 bits per heavy atom. The van der Waals surface area contributed by atoms with Crippen molar-refractivity contribution in [2.75, 3.05) is 10.7 Å². The van der Waals surface area contributed by atoms with Gasteiger partial charge in [0.25, 0.3) is 0 Å². The average molecular weight is 279 g/mol. The Labute approximate surface area is 122 Å². The molecule has 0 bridgehead atoms. The maximum atomic E-state index is 5.49. The number of hydrazine groups is 1. The van der Waals surface area contributed by atoms with Crippen molar-refractivity contribution in [3.05, 3.63) is 11.9 Å². The number of hydrogen-bond acceptors (Lipinski definition) is 5. The molecule has 114 valence electrons. The van der Waals surface area contributed by atoms with Crippen LogP contribution in [-0.2, 0) is 6.42 Å². The van der Waals surface area contributed by atoms with Gasteiger partial charge in [-0.05, 0) is 19.3 Å². The second-order valence-corrected chi connectivity index (χ2v) is 5.22. The summed E-state index contributed by atoms with van der Waals surface area (Å²) in [6, 6.07) is 2.36. The van der Waals surface area contributed by atoms with E-state index in [1.165, 1.54) is 32.1 Å². The number of aromatic nitrogens is 2. The molecule has 0 radical (unpaired) electrons. The highest BCUT2D eigenvalue weighted by atomic mass is 15.3. The lowest BCUT2D eigenvalue weighted by atomic mass is 10.1. The van der Waals surface area contributed by atoms with Crippen molar-refractivity contribution in [2.24, 2.45) is 5.84 Å². The number of unbranched alkanes of at least 4 members (excludes halogenated alkanes) is 1. The Hall–Kier alpha value is -1.36. The van der Waals surface area contributed by atoms with Gasteiger partial charge in [0.1, 0.15) is 17.5 Å². The highest BCUT2D eigenvalue weighted by Crippen LogP contribution is 2.16. The van der Waals surface area contributed by atoms with Crippen LogP contribution in [0.4, 0.5) is 11.6 Å². The van der Waals surface area contributed by atoms with Gasteiger partial charge in [-0.1, -0.05) is 40.0 Å². The Kier molecular flexibility index (Phi) is 7.95. The summed E-state index contributed by atoms with van der Waals surface area (Å²) < 4.78 is 0. The summed E-state index contributed by atoms with van der Waals surface area (Å²) >= 11 is 0. The van der Waals surface area contributed by atoms with Gasteiger partial charge >= 0.3 is 0 Å². The lowest BCUT2D eigenvalue weighted by Crippen LogP contribution is -2.21. The minimum atomic E-state index is 0.481. The number of aryl methyl sites for hydroxylation is 1. The summed E-state index contributed by atoms with van der Waals surface area (Å²) in [4.78, 5) is 8.95. The molecule has 4 N–H and O–H groups in total. The zero-order valence-corrected chi connectivity index (χ0v) is 13.1. The first-order valence-electron chi connectivity index (χ1n) is 7.84. The predicted molar refractivity (Wildman–Crippen MR) is 85.7 cm³/mol. The molecule has 1 aromatic rings. The fourth-order valence-corrected chi connectivity index (χ4v) is 2.28. The van der Waals surface area contributed by atoms with E-state index >= 15 is 0 Å². The standard InChI is InChI=1S/C15H29N5/c1-4-7-10-12(8-5-2)17-14-11-15(20-16)19-13(18-14)9-6-3/h11-12H,4-10,16H2,1-3H3,(H2,17,18,19,20). The third kappa shape index (κ3) is 5.74. The van der Waals surface area contributed by atoms with Crippen LogP contribution < -0.4 is 16.6 Å². The Morgan fingerprint density at radius 1 is 1.05 bits per heavy atom. The number of nitrogens with zero attached hydrogens (tertiary/aromatic N) is 2. The van der Waals surface area contributed by atoms with E-state index in [1.807, 2.05) is 6.07 Å². The van der Waals surface area contributed by atoms with Crippen LogP contribution in [0, 0.1) is 0 Å². The summed E-state index contributed by atoms with van der Waals surface area (Å²) in [6.07, 6.45) is 7.89. The topological polar surface area (TPSA) is 75.9 Å². The molecular weight excluding hydrogens is 250 g/mol. The molecule has 0 aromatic carbocycles. The first-order valence-corrected chi connectivity index (χ1v) is 7.84. The van der Waals surface area contributed by atoms with Gasteiger partial charge in [-0.25, -0.2) is 15.8 Å². The molecule has 0 aliphatic rings. The van der Waals surface area contributed by atoms with Crippen molar-refractivity contribution < 1.29 is 0 Å². The number of anilines is 2. The molecule has 20 heavy (non-hydrogen) atoms. The molecule has 0 fully saturated rings. The van der Waals surface area contributed by atoms with Gasteiger partial charge in [0.15, 0.2) is 0 Å². The number of hydrogen-bond donors (Lipinski definition) is 3. The Morgan fingerprint density at radius 3 is 2.40 bits per heavy atom. The fraction of sp³-hybridized carbons (Fsp3) is 0.733. The van der Waals surface area contributed by atoms with E-state index in [0.29, 0.717) is 11.9 Å². The fourth-order valence-electron chi connectivity index (χ4n) is 2.28. The van der Waals surface area contributed by atoms with E-state index < -0.39 is 0 Å². The lowest BCUT2D eigenvalue weighted by molar-refractivity contribution is 0.562. The van der Waals surface area contributed by atoms with Crippen molar-refractivity contribution in [1.82, 2.24) is 9.97 Å². The van der Waals surface area contributed by atoms with Gasteiger partial charge in [0.2, 0.25) is 0 Å². The van der Waals surface area contributed by atoms with E-state index in [9.17, 15) is 0 Å². The van der Waals surface area contributed by atoms with Crippen LogP contribution in [-0.4, -0.2) is 16.0 Å². The van der Waals surface area contributed by atoms with E-state index in [-0.39, 0.29) is 0 Å². The molecule has 0 aliphatic carbocycles. The number of nitrogens with one attached hydrogen (secondary N) is 2. The molecule has 0 saturated heterocycles. The monoisotopic (exact) mass is 279 g/mol. The van der Waals surface area contributed by atoms with Crippen LogP contribution in [0.25, 0.3) is 0 Å². The molecule has 0 saturated carbocycles. The van der Waals surface area contributed by atoms with Crippen LogP contribution in [0.5, 0.6) is 0 Å². The molecule has 5 heteroatoms. The van der Waals surface area contributed by atoms with Crippen LogP contribution >= 0.6 is 0 Å². The van der Waals surface area contributed by atoms with Crippen molar-refractivity contribution in [3.8, 4) is 0 Å². The van der Waals surface area contributed by atoms with Crippen molar-refractivity contribution in [2.45, 2.75) is 71.8 Å². The molecule has 1 unspecified atom stereocenters. The summed E-state index contributed by atoms with van der Waals surface area (Å²) in [5.41, 5.74) is 2.62. The van der Waals surface area contributed by atoms with Gasteiger partial charge in [0.05, 0.1) is 0 Å². The molecule has 0 spiro atoms. The van der Waals surface area contributed by atoms with Gasteiger partial charge < -0.3 is 10.7 Å². The maximum absolute atomic E-state index is 5.49. The highest BCUT2D eigenvalue weighted by molar-refractivity contribution is 5.47. The third-order valence-electron chi connectivity index (χ3n) is 3.29. The average Bonchev–Trinajstić information content (AvgIpc) is 2.45. The van der Waals surface area contributed by atoms with Gasteiger partial charge in [-0.2, -0.15) is 0 Å². The second-order valence-electron chi connectivity index (χ2n) is 5.22. The molecule has 1 rings (SSSR count). The SMILES string of the molecule is CCCCC(CCC)Nc1cc(NN)nc(CCC)n1. The number of nitrogen functional groups attached to an aromatic ring is 1. The van der Waals surface area contributed by atoms with Crippen LogP contribution in [0.15, 0.2) is 6.07 Å². The minimum absolute atomic E-state index is 0.481. The van der Waals surface area contributed by atoms with Crippen molar-refractivity contribution in [3.63, 3.8) is 0 Å². The van der Waals surface area contributed by atoms with Crippen molar-refractivity contribution in [1.29, 1.82) is 0 Å². The smallest absolute Gasteiger partial charge is 0.145 e. The van der Waals surface area contributed by atoms with Crippen molar-refractivity contribution >= 4 is 11.6 Å². The molecule has 0 amide bonds. The Bertz CT molecular complexity index is 381. The van der Waals surface area contributed by atoms with Crippen LogP contribution in [0.3, 0.4) is 0 Å². The summed E-state index contributed by atoms with van der Waals surface area (Å²) in [5.74, 6) is 7.89. The number of nitrogens with two attached hydrogens (primary N) is 1. The van der Waals surface area contributed by atoms with Gasteiger partial charge in [-0.15, -0.1) is 0 Å². The third-order valence-corrected chi connectivity index (χ3v) is 3.29. The molecular formula is C15H29N5. The Balaban J connectivity index is 2.78.